The topological polar surface area (TPSA) is 75.4 Å². The monoisotopic (exact) mass is 292 g/mol. The number of thioether (sulfide) groups is 1. The van der Waals surface area contributed by atoms with Crippen LogP contribution in [0.15, 0.2) is 46.2 Å². The van der Waals surface area contributed by atoms with Gasteiger partial charge in [-0.2, -0.15) is 0 Å². The summed E-state index contributed by atoms with van der Waals surface area (Å²) >= 11 is 1.43. The highest BCUT2D eigenvalue weighted by Gasteiger charge is 2.13. The molecule has 0 fully saturated rings. The van der Waals surface area contributed by atoms with Crippen LogP contribution in [-0.4, -0.2) is 28.8 Å². The molecule has 2 aromatic rings. The Bertz CT molecular complexity index is 557. The first-order valence-corrected chi connectivity index (χ1v) is 7.43. The van der Waals surface area contributed by atoms with Gasteiger partial charge in [-0.05, 0) is 36.9 Å². The predicted octanol–water partition coefficient (Wildman–Crippen LogP) is 2.25. The summed E-state index contributed by atoms with van der Waals surface area (Å²) in [6.07, 6.45) is 4.73. The molecule has 0 aliphatic rings. The number of hydrogen-bond acceptors (Lipinski definition) is 5. The smallest absolute Gasteiger partial charge is 0.254 e. The molecule has 106 valence electrons. The lowest BCUT2D eigenvalue weighted by Crippen LogP contribution is -2.26. The fourth-order valence-corrected chi connectivity index (χ4v) is 2.31. The summed E-state index contributed by atoms with van der Waals surface area (Å²) in [5, 5.41) is 13.3. The number of hydrogen-bond donors (Lipinski definition) is 2. The van der Waals surface area contributed by atoms with Crippen molar-refractivity contribution in [2.24, 2.45) is 0 Å². The third-order valence-electron chi connectivity index (χ3n) is 2.78. The first-order valence-electron chi connectivity index (χ1n) is 6.21. The van der Waals surface area contributed by atoms with Crippen molar-refractivity contribution in [1.82, 2.24) is 10.3 Å². The second-order valence-corrected chi connectivity index (χ2v) is 4.93. The summed E-state index contributed by atoms with van der Waals surface area (Å²) in [5.74, 6) is 0.319. The number of aromatic nitrogens is 1. The van der Waals surface area contributed by atoms with Gasteiger partial charge in [-0.25, -0.2) is 4.98 Å². The van der Waals surface area contributed by atoms with Crippen LogP contribution in [0.5, 0.6) is 0 Å². The minimum atomic E-state index is -0.709. The molecule has 6 heteroatoms. The molecule has 0 aliphatic carbocycles. The quantitative estimate of drug-likeness (QED) is 0.799. The Morgan fingerprint density at radius 1 is 1.50 bits per heavy atom. The molecule has 0 saturated heterocycles. The molecule has 2 heterocycles. The number of carbonyl (C=O) groups excluding carboxylic acids is 1. The average molecular weight is 292 g/mol. The van der Waals surface area contributed by atoms with Gasteiger partial charge in [0, 0.05) is 12.7 Å². The van der Waals surface area contributed by atoms with Gasteiger partial charge in [-0.15, -0.1) is 11.8 Å². The molecule has 2 aromatic heterocycles. The number of nitrogens with one attached hydrogen (secondary N) is 1. The normalized spacial score (nSPS) is 12.1. The number of amides is 1. The van der Waals surface area contributed by atoms with E-state index in [1.54, 1.807) is 30.5 Å². The fourth-order valence-electron chi connectivity index (χ4n) is 1.77. The van der Waals surface area contributed by atoms with Crippen LogP contribution in [-0.2, 0) is 0 Å². The van der Waals surface area contributed by atoms with Crippen LogP contribution >= 0.6 is 11.8 Å². The van der Waals surface area contributed by atoms with Crippen molar-refractivity contribution >= 4 is 17.7 Å². The minimum Gasteiger partial charge on any atom is -0.467 e. The zero-order valence-corrected chi connectivity index (χ0v) is 11.9. The van der Waals surface area contributed by atoms with Crippen molar-refractivity contribution in [1.29, 1.82) is 0 Å². The second-order valence-electron chi connectivity index (χ2n) is 4.14. The highest BCUT2D eigenvalue weighted by Crippen LogP contribution is 2.18. The Morgan fingerprint density at radius 2 is 2.35 bits per heavy atom. The van der Waals surface area contributed by atoms with E-state index in [9.17, 15) is 9.90 Å². The molecule has 0 bridgehead atoms. The van der Waals surface area contributed by atoms with Crippen molar-refractivity contribution in [2.45, 2.75) is 17.6 Å². The molecule has 1 amide bonds. The maximum absolute atomic E-state index is 12.0. The van der Waals surface area contributed by atoms with Crippen molar-refractivity contribution in [2.75, 3.05) is 12.8 Å². The van der Waals surface area contributed by atoms with E-state index in [2.05, 4.69) is 10.3 Å². The average Bonchev–Trinajstić information content (AvgIpc) is 3.01. The Morgan fingerprint density at radius 3 is 3.05 bits per heavy atom. The Kier molecular flexibility index (Phi) is 5.20. The molecular weight excluding hydrogens is 276 g/mol. The van der Waals surface area contributed by atoms with Crippen LogP contribution in [0.1, 0.15) is 28.6 Å². The number of pyridine rings is 1. The molecule has 20 heavy (non-hydrogen) atoms. The molecular formula is C14H16N2O3S. The van der Waals surface area contributed by atoms with Crippen LogP contribution in [0.2, 0.25) is 0 Å². The van der Waals surface area contributed by atoms with E-state index in [0.29, 0.717) is 29.3 Å². The van der Waals surface area contributed by atoms with E-state index in [1.165, 1.54) is 18.0 Å². The zero-order chi connectivity index (χ0) is 14.4. The summed E-state index contributed by atoms with van der Waals surface area (Å²) < 4.78 is 5.10. The lowest BCUT2D eigenvalue weighted by atomic mass is 10.2. The number of aliphatic hydroxyl groups is 1. The molecule has 0 unspecified atom stereocenters. The van der Waals surface area contributed by atoms with Crippen molar-refractivity contribution in [3.8, 4) is 0 Å². The van der Waals surface area contributed by atoms with Crippen LogP contribution < -0.4 is 5.32 Å². The maximum atomic E-state index is 12.0. The number of rotatable bonds is 6. The van der Waals surface area contributed by atoms with Gasteiger partial charge < -0.3 is 14.8 Å². The van der Waals surface area contributed by atoms with E-state index in [1.807, 2.05) is 6.26 Å². The molecule has 5 nitrogen and oxygen atoms in total. The summed E-state index contributed by atoms with van der Waals surface area (Å²) in [6.45, 7) is 0.364. The molecule has 0 aromatic carbocycles. The zero-order valence-electron chi connectivity index (χ0n) is 11.1. The van der Waals surface area contributed by atoms with Gasteiger partial charge in [0.1, 0.15) is 16.9 Å². The van der Waals surface area contributed by atoms with Gasteiger partial charge >= 0.3 is 0 Å². The molecule has 0 saturated carbocycles. The lowest BCUT2D eigenvalue weighted by Gasteiger charge is -2.10. The van der Waals surface area contributed by atoms with E-state index >= 15 is 0 Å². The molecule has 0 radical (unpaired) electrons. The summed E-state index contributed by atoms with van der Waals surface area (Å²) in [7, 11) is 0. The van der Waals surface area contributed by atoms with E-state index < -0.39 is 6.10 Å². The van der Waals surface area contributed by atoms with Gasteiger partial charge in [0.15, 0.2) is 0 Å². The number of furan rings is 1. The largest absolute Gasteiger partial charge is 0.467 e. The third-order valence-corrected chi connectivity index (χ3v) is 3.50. The molecule has 0 spiro atoms. The summed E-state index contributed by atoms with van der Waals surface area (Å²) in [4.78, 5) is 16.2. The molecule has 2 N–H and O–H groups in total. The van der Waals surface area contributed by atoms with Crippen molar-refractivity contribution in [3.05, 3.63) is 48.0 Å². The lowest BCUT2D eigenvalue weighted by molar-refractivity contribution is 0.0932. The standard InChI is InChI=1S/C14H16N2O3S/c1-20-14-10(4-2-7-16-14)13(18)15-8-6-11(17)12-5-3-9-19-12/h2-5,7,9,11,17H,6,8H2,1H3,(H,15,18)/t11-/m0/s1. The van der Waals surface area contributed by atoms with Crippen molar-refractivity contribution < 1.29 is 14.3 Å². The maximum Gasteiger partial charge on any atom is 0.254 e. The number of aliphatic hydroxyl groups excluding tert-OH is 1. The first kappa shape index (κ1) is 14.6. The minimum absolute atomic E-state index is 0.186. The van der Waals surface area contributed by atoms with Crippen LogP contribution in [0, 0.1) is 0 Å². The predicted molar refractivity (Wildman–Crippen MR) is 76.6 cm³/mol. The van der Waals surface area contributed by atoms with E-state index in [-0.39, 0.29) is 5.91 Å². The van der Waals surface area contributed by atoms with E-state index in [0.717, 1.165) is 0 Å². The van der Waals surface area contributed by atoms with Crippen LogP contribution in [0.4, 0.5) is 0 Å². The highest BCUT2D eigenvalue weighted by atomic mass is 32.2. The summed E-state index contributed by atoms with van der Waals surface area (Å²) in [6, 6.07) is 6.89. The molecule has 2 rings (SSSR count). The van der Waals surface area contributed by atoms with Crippen molar-refractivity contribution in [3.63, 3.8) is 0 Å². The van der Waals surface area contributed by atoms with Gasteiger partial charge in [0.05, 0.1) is 11.8 Å². The molecule has 0 aliphatic heterocycles. The first-order chi connectivity index (χ1) is 9.72. The summed E-state index contributed by atoms with van der Waals surface area (Å²) in [5.41, 5.74) is 0.549. The van der Waals surface area contributed by atoms with Gasteiger partial charge in [-0.1, -0.05) is 0 Å². The van der Waals surface area contributed by atoms with Gasteiger partial charge in [-0.3, -0.25) is 4.79 Å². The van der Waals surface area contributed by atoms with Gasteiger partial charge in [0.25, 0.3) is 5.91 Å². The molecule has 1 atom stereocenters. The van der Waals surface area contributed by atoms with E-state index in [4.69, 9.17) is 4.42 Å². The third kappa shape index (κ3) is 3.61. The Balaban J connectivity index is 1.86. The fraction of sp³-hybridized carbons (Fsp3) is 0.286. The van der Waals surface area contributed by atoms with Crippen LogP contribution in [0.3, 0.4) is 0 Å². The van der Waals surface area contributed by atoms with Gasteiger partial charge in [0.2, 0.25) is 0 Å². The van der Waals surface area contributed by atoms with Crippen LogP contribution in [0.25, 0.3) is 0 Å². The number of nitrogens with zero attached hydrogens (tertiary/aromatic N) is 1. The second kappa shape index (κ2) is 7.12. The Labute approximate surface area is 121 Å². The highest BCUT2D eigenvalue weighted by molar-refractivity contribution is 7.98. The number of carbonyl (C=O) groups is 1. The Hall–Kier alpha value is -1.79. The SMILES string of the molecule is CSc1ncccc1C(=O)NCC[C@H](O)c1ccco1.